The van der Waals surface area contributed by atoms with E-state index in [4.69, 9.17) is 25.6 Å². The third-order valence-electron chi connectivity index (χ3n) is 6.91. The largest absolute Gasteiger partial charge is 0.492 e. The molecule has 3 heterocycles. The first-order chi connectivity index (χ1) is 18.9. The molecule has 3 N–H and O–H groups in total. The number of fused-ring (bicyclic) bond motifs is 1. The van der Waals surface area contributed by atoms with Crippen LogP contribution in [0.2, 0.25) is 5.02 Å². The molecule has 0 radical (unpaired) electrons. The van der Waals surface area contributed by atoms with E-state index < -0.39 is 11.9 Å². The van der Waals surface area contributed by atoms with Gasteiger partial charge < -0.3 is 24.6 Å². The molecule has 0 saturated carbocycles. The molecule has 39 heavy (non-hydrogen) atoms. The van der Waals surface area contributed by atoms with E-state index in [0.29, 0.717) is 46.2 Å². The summed E-state index contributed by atoms with van der Waals surface area (Å²) in [6, 6.07) is 8.44. The normalized spacial score (nSPS) is 18.2. The second-order valence-electron chi connectivity index (χ2n) is 9.59. The van der Waals surface area contributed by atoms with E-state index in [2.05, 4.69) is 26.0 Å². The highest BCUT2D eigenvalue weighted by Gasteiger charge is 2.31. The van der Waals surface area contributed by atoms with Gasteiger partial charge in [0.1, 0.15) is 18.1 Å². The fraction of sp³-hybridized carbons (Fsp3) is 0.407. The fourth-order valence-electron chi connectivity index (χ4n) is 4.66. The second-order valence-corrected chi connectivity index (χ2v) is 10.0. The topological polar surface area (TPSA) is 135 Å². The number of amides is 4. The molecule has 2 fully saturated rings. The molecule has 11 nitrogen and oxygen atoms in total. The Kier molecular flexibility index (Phi) is 8.30. The van der Waals surface area contributed by atoms with E-state index >= 15 is 0 Å². The van der Waals surface area contributed by atoms with Crippen LogP contribution in [0.1, 0.15) is 35.6 Å². The first-order valence-corrected chi connectivity index (χ1v) is 13.2. The van der Waals surface area contributed by atoms with Crippen molar-refractivity contribution in [3.63, 3.8) is 0 Å². The number of ether oxygens (including phenoxy) is 2. The SMILES string of the molecule is Cc1c(Cl)cc(NC(=O)NCc2ccc3c(C4CCC(=O)NC4=O)noc3c2)cc1OCCN1CCOCC1. The highest BCUT2D eigenvalue weighted by molar-refractivity contribution is 6.32. The number of rotatable bonds is 8. The monoisotopic (exact) mass is 555 g/mol. The molecule has 2 saturated heterocycles. The van der Waals surface area contributed by atoms with Crippen molar-refractivity contribution in [2.75, 3.05) is 44.8 Å². The van der Waals surface area contributed by atoms with E-state index in [-0.39, 0.29) is 24.8 Å². The standard InChI is InChI=1S/C27H30ClN5O6/c1-16-21(28)13-18(14-22(16)38-11-8-33-6-9-37-10-7-33)30-27(36)29-15-17-2-3-19-23(12-17)39-32-25(19)20-4-5-24(34)31-26(20)35/h2-3,12-14,20H,4-11,15H2,1H3,(H2,29,30,36)(H,31,34,35). The Labute approximate surface area is 230 Å². The second kappa shape index (κ2) is 12.0. The molecule has 0 bridgehead atoms. The number of nitrogens with one attached hydrogen (secondary N) is 3. The van der Waals surface area contributed by atoms with Crippen molar-refractivity contribution >= 4 is 46.1 Å². The summed E-state index contributed by atoms with van der Waals surface area (Å²) in [6.07, 6.45) is 0.648. The van der Waals surface area contributed by atoms with Crippen LogP contribution >= 0.6 is 11.6 Å². The van der Waals surface area contributed by atoms with Crippen molar-refractivity contribution in [2.45, 2.75) is 32.2 Å². The van der Waals surface area contributed by atoms with Gasteiger partial charge in [0.05, 0.1) is 19.1 Å². The highest BCUT2D eigenvalue weighted by Crippen LogP contribution is 2.32. The lowest BCUT2D eigenvalue weighted by atomic mass is 9.92. The quantitative estimate of drug-likeness (QED) is 0.360. The van der Waals surface area contributed by atoms with Crippen LogP contribution in [0.5, 0.6) is 5.75 Å². The van der Waals surface area contributed by atoms with Crippen molar-refractivity contribution in [3.8, 4) is 5.75 Å². The molecule has 1 aromatic heterocycles. The summed E-state index contributed by atoms with van der Waals surface area (Å²) in [7, 11) is 0. The number of halogens is 1. The Hall–Kier alpha value is -3.67. The molecular weight excluding hydrogens is 526 g/mol. The van der Waals surface area contributed by atoms with Crippen LogP contribution in [-0.4, -0.2) is 67.4 Å². The Morgan fingerprint density at radius 2 is 2.05 bits per heavy atom. The summed E-state index contributed by atoms with van der Waals surface area (Å²) in [4.78, 5) is 38.6. The van der Waals surface area contributed by atoms with Gasteiger partial charge in [-0.2, -0.15) is 0 Å². The Morgan fingerprint density at radius 1 is 1.23 bits per heavy atom. The number of piperidine rings is 1. The van der Waals surface area contributed by atoms with E-state index in [1.165, 1.54) is 0 Å². The summed E-state index contributed by atoms with van der Waals surface area (Å²) in [6.45, 7) is 6.63. The molecule has 5 rings (SSSR count). The van der Waals surface area contributed by atoms with Crippen LogP contribution in [0.3, 0.4) is 0 Å². The zero-order valence-corrected chi connectivity index (χ0v) is 22.3. The molecule has 0 spiro atoms. The zero-order valence-electron chi connectivity index (χ0n) is 21.5. The number of benzene rings is 2. The number of carbonyl (C=O) groups is 3. The molecule has 2 aliphatic rings. The number of hydrogen-bond acceptors (Lipinski definition) is 8. The average Bonchev–Trinajstić information content (AvgIpc) is 3.34. The van der Waals surface area contributed by atoms with Crippen LogP contribution in [0, 0.1) is 6.92 Å². The Balaban J connectivity index is 1.16. The zero-order chi connectivity index (χ0) is 27.4. The fourth-order valence-corrected chi connectivity index (χ4v) is 4.87. The lowest BCUT2D eigenvalue weighted by molar-refractivity contribution is -0.134. The lowest BCUT2D eigenvalue weighted by Crippen LogP contribution is -2.39. The van der Waals surface area contributed by atoms with Gasteiger partial charge in [0, 0.05) is 60.3 Å². The molecule has 4 amide bonds. The number of hydrogen-bond donors (Lipinski definition) is 3. The minimum Gasteiger partial charge on any atom is -0.492 e. The van der Waals surface area contributed by atoms with Crippen molar-refractivity contribution in [1.82, 2.24) is 20.7 Å². The molecule has 1 atom stereocenters. The Bertz CT molecular complexity index is 1390. The van der Waals surface area contributed by atoms with Gasteiger partial charge in [-0.15, -0.1) is 0 Å². The van der Waals surface area contributed by atoms with Gasteiger partial charge in [0.2, 0.25) is 11.8 Å². The van der Waals surface area contributed by atoms with Gasteiger partial charge in [-0.25, -0.2) is 4.79 Å². The molecule has 1 unspecified atom stereocenters. The van der Waals surface area contributed by atoms with Gasteiger partial charge in [0.25, 0.3) is 0 Å². The van der Waals surface area contributed by atoms with Crippen LogP contribution < -0.4 is 20.7 Å². The number of carbonyl (C=O) groups excluding carboxylic acids is 3. The van der Waals surface area contributed by atoms with Gasteiger partial charge in [-0.05, 0) is 37.1 Å². The van der Waals surface area contributed by atoms with Gasteiger partial charge in [-0.3, -0.25) is 19.8 Å². The smallest absolute Gasteiger partial charge is 0.319 e. The minimum absolute atomic E-state index is 0.235. The van der Waals surface area contributed by atoms with Gasteiger partial charge in [0.15, 0.2) is 5.58 Å². The summed E-state index contributed by atoms with van der Waals surface area (Å²) in [5, 5.41) is 13.2. The van der Waals surface area contributed by atoms with Crippen LogP contribution in [0.15, 0.2) is 34.9 Å². The predicted octanol–water partition coefficient (Wildman–Crippen LogP) is 3.34. The molecule has 206 valence electrons. The van der Waals surface area contributed by atoms with Crippen molar-refractivity contribution in [1.29, 1.82) is 0 Å². The number of urea groups is 1. The van der Waals surface area contributed by atoms with Crippen molar-refractivity contribution in [2.24, 2.45) is 0 Å². The molecular formula is C27H30ClN5O6. The van der Waals surface area contributed by atoms with Gasteiger partial charge in [-0.1, -0.05) is 22.8 Å². The predicted molar refractivity (Wildman–Crippen MR) is 144 cm³/mol. The third kappa shape index (κ3) is 6.49. The maximum Gasteiger partial charge on any atom is 0.319 e. The maximum atomic E-state index is 12.6. The summed E-state index contributed by atoms with van der Waals surface area (Å²) >= 11 is 6.40. The molecule has 12 heteroatoms. The number of anilines is 1. The van der Waals surface area contributed by atoms with Crippen LogP contribution in [-0.2, 0) is 20.9 Å². The van der Waals surface area contributed by atoms with E-state index in [1.54, 1.807) is 24.3 Å². The van der Waals surface area contributed by atoms with Crippen molar-refractivity contribution < 1.29 is 28.4 Å². The van der Waals surface area contributed by atoms with E-state index in [0.717, 1.165) is 44.0 Å². The maximum absolute atomic E-state index is 12.6. The van der Waals surface area contributed by atoms with E-state index in [1.807, 2.05) is 13.0 Å². The Morgan fingerprint density at radius 3 is 2.85 bits per heavy atom. The third-order valence-corrected chi connectivity index (χ3v) is 7.30. The summed E-state index contributed by atoms with van der Waals surface area (Å²) < 4.78 is 16.8. The first-order valence-electron chi connectivity index (χ1n) is 12.9. The summed E-state index contributed by atoms with van der Waals surface area (Å²) in [5.41, 5.74) is 3.12. The molecule has 3 aromatic rings. The van der Waals surface area contributed by atoms with Crippen molar-refractivity contribution in [3.05, 3.63) is 52.2 Å². The van der Waals surface area contributed by atoms with Crippen LogP contribution in [0.4, 0.5) is 10.5 Å². The number of nitrogens with zero attached hydrogens (tertiary/aromatic N) is 2. The van der Waals surface area contributed by atoms with Crippen LogP contribution in [0.25, 0.3) is 11.0 Å². The molecule has 0 aliphatic carbocycles. The number of imide groups is 1. The average molecular weight is 556 g/mol. The number of morpholine rings is 1. The molecule has 2 aliphatic heterocycles. The first kappa shape index (κ1) is 26.9. The summed E-state index contributed by atoms with van der Waals surface area (Å²) in [5.74, 6) is -0.566. The molecule has 2 aromatic carbocycles. The lowest BCUT2D eigenvalue weighted by Gasteiger charge is -2.26. The van der Waals surface area contributed by atoms with Gasteiger partial charge >= 0.3 is 6.03 Å². The highest BCUT2D eigenvalue weighted by atomic mass is 35.5. The number of aromatic nitrogens is 1. The minimum atomic E-state index is -0.534. The van der Waals surface area contributed by atoms with E-state index in [9.17, 15) is 14.4 Å².